The fourth-order valence-corrected chi connectivity index (χ4v) is 1.94. The van der Waals surface area contributed by atoms with E-state index < -0.39 is 42.0 Å². The van der Waals surface area contributed by atoms with E-state index in [-0.39, 0.29) is 13.0 Å². The molecule has 23 heavy (non-hydrogen) atoms. The van der Waals surface area contributed by atoms with Gasteiger partial charge in [0.2, 0.25) is 0 Å². The van der Waals surface area contributed by atoms with E-state index >= 15 is 0 Å². The fraction of sp³-hybridized carbons (Fsp3) is 0.750. The first-order valence-corrected chi connectivity index (χ1v) is 7.72. The Morgan fingerprint density at radius 3 is 2.70 bits per heavy atom. The number of nitriles is 1. The van der Waals surface area contributed by atoms with Crippen LogP contribution < -0.4 is 0 Å². The monoisotopic (exact) mass is 325 g/mol. The molecule has 1 saturated heterocycles. The second-order valence-corrected chi connectivity index (χ2v) is 6.15. The molecule has 0 aromatic heterocycles. The molecule has 0 aliphatic carbocycles. The van der Waals surface area contributed by atoms with Crippen molar-refractivity contribution in [3.63, 3.8) is 0 Å². The van der Waals surface area contributed by atoms with E-state index in [0.717, 1.165) is 0 Å². The molecule has 1 unspecified atom stereocenters. The molecule has 7 heteroatoms. The quantitative estimate of drug-likeness (QED) is 0.541. The molecule has 1 aliphatic heterocycles. The first kappa shape index (κ1) is 18.9. The zero-order chi connectivity index (χ0) is 17.5. The Hall–Kier alpha value is -2.10. The Balaban J connectivity index is 2.44. The molecule has 2 atom stereocenters. The van der Waals surface area contributed by atoms with Crippen LogP contribution in [-0.2, 0) is 28.6 Å². The van der Waals surface area contributed by atoms with E-state index in [0.29, 0.717) is 19.3 Å². The third-order valence-electron chi connectivity index (χ3n) is 3.96. The summed E-state index contributed by atoms with van der Waals surface area (Å²) in [5.74, 6) is -2.12. The van der Waals surface area contributed by atoms with Crippen LogP contribution in [0.5, 0.6) is 0 Å². The summed E-state index contributed by atoms with van der Waals surface area (Å²) >= 11 is 0. The zero-order valence-electron chi connectivity index (χ0n) is 13.8. The molecule has 0 aromatic rings. The van der Waals surface area contributed by atoms with Crippen molar-refractivity contribution in [1.29, 1.82) is 5.26 Å². The number of hydrogen-bond acceptors (Lipinski definition) is 7. The zero-order valence-corrected chi connectivity index (χ0v) is 13.8. The summed E-state index contributed by atoms with van der Waals surface area (Å²) in [5.41, 5.74) is -0.664. The molecule has 0 N–H and O–H groups in total. The molecule has 1 rings (SSSR count). The van der Waals surface area contributed by atoms with E-state index in [4.69, 9.17) is 19.5 Å². The minimum absolute atomic E-state index is 0.211. The number of esters is 3. The molecule has 0 radical (unpaired) electrons. The summed E-state index contributed by atoms with van der Waals surface area (Å²) in [6.45, 7) is 4.59. The van der Waals surface area contributed by atoms with Crippen molar-refractivity contribution in [1.82, 2.24) is 0 Å². The van der Waals surface area contributed by atoms with E-state index in [1.807, 2.05) is 6.92 Å². The number of nitrogens with zero attached hydrogens (tertiary/aromatic N) is 1. The van der Waals surface area contributed by atoms with Gasteiger partial charge in [0.15, 0.2) is 12.7 Å². The Bertz CT molecular complexity index is 493. The van der Waals surface area contributed by atoms with Crippen molar-refractivity contribution in [2.45, 2.75) is 52.6 Å². The van der Waals surface area contributed by atoms with Gasteiger partial charge in [-0.1, -0.05) is 6.92 Å². The van der Waals surface area contributed by atoms with Crippen LogP contribution in [0.2, 0.25) is 0 Å². The predicted octanol–water partition coefficient (Wildman–Crippen LogP) is 1.74. The van der Waals surface area contributed by atoms with Crippen LogP contribution in [0.3, 0.4) is 0 Å². The van der Waals surface area contributed by atoms with Crippen molar-refractivity contribution in [2.24, 2.45) is 11.3 Å². The van der Waals surface area contributed by atoms with E-state index in [9.17, 15) is 14.4 Å². The third kappa shape index (κ3) is 5.89. The number of cyclic esters (lactones) is 1. The van der Waals surface area contributed by atoms with E-state index in [2.05, 4.69) is 6.07 Å². The van der Waals surface area contributed by atoms with Crippen molar-refractivity contribution in [3.05, 3.63) is 0 Å². The van der Waals surface area contributed by atoms with Crippen LogP contribution in [0.15, 0.2) is 0 Å². The molecule has 7 nitrogen and oxygen atoms in total. The van der Waals surface area contributed by atoms with Crippen LogP contribution in [0, 0.1) is 22.7 Å². The van der Waals surface area contributed by atoms with Crippen molar-refractivity contribution in [3.8, 4) is 6.07 Å². The van der Waals surface area contributed by atoms with Crippen LogP contribution in [0.4, 0.5) is 0 Å². The van der Waals surface area contributed by atoms with Crippen molar-refractivity contribution >= 4 is 17.9 Å². The van der Waals surface area contributed by atoms with Crippen LogP contribution >= 0.6 is 0 Å². The Labute approximate surface area is 135 Å². The highest BCUT2D eigenvalue weighted by atomic mass is 16.6. The highest BCUT2D eigenvalue weighted by Crippen LogP contribution is 2.22. The minimum Gasteiger partial charge on any atom is -0.459 e. The minimum atomic E-state index is -0.776. The van der Waals surface area contributed by atoms with Gasteiger partial charge in [0, 0.05) is 6.42 Å². The van der Waals surface area contributed by atoms with Gasteiger partial charge in [-0.3, -0.25) is 9.59 Å². The molecule has 128 valence electrons. The van der Waals surface area contributed by atoms with Gasteiger partial charge in [0.1, 0.15) is 6.61 Å². The molecule has 0 amide bonds. The third-order valence-corrected chi connectivity index (χ3v) is 3.96. The van der Waals surface area contributed by atoms with Gasteiger partial charge < -0.3 is 14.2 Å². The van der Waals surface area contributed by atoms with Crippen molar-refractivity contribution in [2.75, 3.05) is 13.2 Å². The topological polar surface area (TPSA) is 103 Å². The highest BCUT2D eigenvalue weighted by molar-refractivity contribution is 5.79. The molecule has 0 saturated carbocycles. The lowest BCUT2D eigenvalue weighted by molar-refractivity contribution is -0.168. The smallest absolute Gasteiger partial charge is 0.344 e. The van der Waals surface area contributed by atoms with Crippen molar-refractivity contribution < 1.29 is 28.6 Å². The Kier molecular flexibility index (Phi) is 7.01. The van der Waals surface area contributed by atoms with E-state index in [1.54, 1.807) is 13.8 Å². The highest BCUT2D eigenvalue weighted by Gasteiger charge is 2.31. The van der Waals surface area contributed by atoms with Gasteiger partial charge in [0.25, 0.3) is 0 Å². The lowest BCUT2D eigenvalue weighted by atomic mass is 9.91. The van der Waals surface area contributed by atoms with Crippen LogP contribution in [0.1, 0.15) is 46.5 Å². The lowest BCUT2D eigenvalue weighted by Gasteiger charge is -2.21. The summed E-state index contributed by atoms with van der Waals surface area (Å²) in [4.78, 5) is 34.8. The molecule has 1 aliphatic rings. The van der Waals surface area contributed by atoms with Gasteiger partial charge in [-0.15, -0.1) is 0 Å². The average molecular weight is 325 g/mol. The first-order chi connectivity index (χ1) is 10.8. The lowest BCUT2D eigenvalue weighted by Crippen LogP contribution is -2.32. The molecule has 1 fully saturated rings. The molecule has 0 spiro atoms. The summed E-state index contributed by atoms with van der Waals surface area (Å²) in [6, 6.07) is 2.06. The van der Waals surface area contributed by atoms with Gasteiger partial charge in [0.05, 0.1) is 17.4 Å². The maximum absolute atomic E-state index is 11.8. The van der Waals surface area contributed by atoms with E-state index in [1.165, 1.54) is 0 Å². The normalized spacial score (nSPS) is 21.6. The summed E-state index contributed by atoms with van der Waals surface area (Å²) < 4.78 is 15.0. The number of rotatable bonds is 6. The molecule has 1 heterocycles. The number of carbonyl (C=O) groups excluding carboxylic acids is 3. The van der Waals surface area contributed by atoms with Gasteiger partial charge in [-0.05, 0) is 33.1 Å². The van der Waals surface area contributed by atoms with Gasteiger partial charge in [-0.2, -0.15) is 5.26 Å². The summed E-state index contributed by atoms with van der Waals surface area (Å²) in [6.07, 6.45) is 1.16. The SMILES string of the molecule is CCC(C)(C)C(=O)OCC(=O)OC[C@@H]1OC(=O)CCCC1C#N. The van der Waals surface area contributed by atoms with Crippen LogP contribution in [0.25, 0.3) is 0 Å². The maximum Gasteiger partial charge on any atom is 0.344 e. The number of hydrogen-bond donors (Lipinski definition) is 0. The first-order valence-electron chi connectivity index (χ1n) is 7.72. The summed E-state index contributed by atoms with van der Waals surface area (Å²) in [7, 11) is 0. The predicted molar refractivity (Wildman–Crippen MR) is 78.8 cm³/mol. The Morgan fingerprint density at radius 2 is 2.09 bits per heavy atom. The molecular weight excluding hydrogens is 302 g/mol. The summed E-state index contributed by atoms with van der Waals surface area (Å²) in [5, 5.41) is 9.08. The fourth-order valence-electron chi connectivity index (χ4n) is 1.94. The maximum atomic E-state index is 11.8. The number of ether oxygens (including phenoxy) is 3. The number of carbonyl (C=O) groups is 3. The second-order valence-electron chi connectivity index (χ2n) is 6.15. The molecule has 0 aromatic carbocycles. The largest absolute Gasteiger partial charge is 0.459 e. The standard InChI is InChI=1S/C16H23NO6/c1-4-16(2,3)15(20)22-10-14(19)21-9-12-11(8-17)6-5-7-13(18)23-12/h11-12H,4-7,9-10H2,1-3H3/t11?,12-/m0/s1. The molecule has 0 bridgehead atoms. The molecular formula is C16H23NO6. The van der Waals surface area contributed by atoms with Gasteiger partial charge >= 0.3 is 17.9 Å². The Morgan fingerprint density at radius 1 is 1.39 bits per heavy atom. The van der Waals surface area contributed by atoms with Crippen LogP contribution in [-0.4, -0.2) is 37.2 Å². The average Bonchev–Trinajstić information content (AvgIpc) is 2.71. The second kappa shape index (κ2) is 8.51. The van der Waals surface area contributed by atoms with Gasteiger partial charge in [-0.25, -0.2) is 4.79 Å².